The van der Waals surface area contributed by atoms with Crippen molar-refractivity contribution in [2.75, 3.05) is 13.1 Å². The minimum Gasteiger partial charge on any atom is -0.451 e. The third-order valence-electron chi connectivity index (χ3n) is 4.84. The lowest BCUT2D eigenvalue weighted by molar-refractivity contribution is 0.0318. The Morgan fingerprint density at radius 2 is 1.62 bits per heavy atom. The topological polar surface area (TPSA) is 80.8 Å². The molecule has 0 bridgehead atoms. The summed E-state index contributed by atoms with van der Waals surface area (Å²) in [5.41, 5.74) is 1.47. The fourth-order valence-corrected chi connectivity index (χ4v) is 5.15. The van der Waals surface area contributed by atoms with Crippen LogP contribution in [0.1, 0.15) is 46.0 Å². The molecule has 0 spiro atoms. The van der Waals surface area contributed by atoms with E-state index in [9.17, 15) is 18.0 Å². The Kier molecular flexibility index (Phi) is 6.41. The van der Waals surface area contributed by atoms with Gasteiger partial charge in [0.15, 0.2) is 6.10 Å². The van der Waals surface area contributed by atoms with Gasteiger partial charge in [-0.2, -0.15) is 4.31 Å². The maximum Gasteiger partial charge on any atom is 0.338 e. The number of halogens is 1. The average Bonchev–Trinajstić information content (AvgIpc) is 3.24. The van der Waals surface area contributed by atoms with Gasteiger partial charge in [0, 0.05) is 18.7 Å². The van der Waals surface area contributed by atoms with Crippen LogP contribution < -0.4 is 0 Å². The van der Waals surface area contributed by atoms with Crippen LogP contribution in [0.5, 0.6) is 0 Å². The van der Waals surface area contributed by atoms with Crippen molar-refractivity contribution in [3.05, 3.63) is 64.2 Å². The maximum atomic E-state index is 12.8. The van der Waals surface area contributed by atoms with Gasteiger partial charge in [0.25, 0.3) is 0 Å². The first-order valence-electron chi connectivity index (χ1n) is 9.31. The van der Waals surface area contributed by atoms with Crippen LogP contribution in [0.15, 0.2) is 47.4 Å². The highest BCUT2D eigenvalue weighted by atomic mass is 35.5. The van der Waals surface area contributed by atoms with E-state index >= 15 is 0 Å². The molecule has 6 nitrogen and oxygen atoms in total. The van der Waals surface area contributed by atoms with Crippen LogP contribution in [0.25, 0.3) is 0 Å². The van der Waals surface area contributed by atoms with Gasteiger partial charge in [-0.1, -0.05) is 41.4 Å². The van der Waals surface area contributed by atoms with Crippen molar-refractivity contribution in [3.63, 3.8) is 0 Å². The Bertz CT molecular complexity index is 1030. The van der Waals surface area contributed by atoms with Crippen molar-refractivity contribution < 1.29 is 22.7 Å². The minimum atomic E-state index is -3.79. The second-order valence-corrected chi connectivity index (χ2v) is 9.35. The SMILES string of the molecule is Cc1ccc(C(=O)[C@H](C)OC(=O)c2ccc(Cl)c(S(=O)(=O)N3CCCC3)c2)cc1. The molecule has 1 atom stereocenters. The summed E-state index contributed by atoms with van der Waals surface area (Å²) >= 11 is 6.10. The minimum absolute atomic E-state index is 0.0238. The molecule has 1 heterocycles. The van der Waals surface area contributed by atoms with Gasteiger partial charge in [-0.3, -0.25) is 4.79 Å². The number of aryl methyl sites for hydroxylation is 1. The van der Waals surface area contributed by atoms with Crippen molar-refractivity contribution in [2.45, 2.75) is 37.7 Å². The van der Waals surface area contributed by atoms with E-state index in [4.69, 9.17) is 16.3 Å². The highest BCUT2D eigenvalue weighted by molar-refractivity contribution is 7.89. The van der Waals surface area contributed by atoms with Gasteiger partial charge in [-0.15, -0.1) is 0 Å². The monoisotopic (exact) mass is 435 g/mol. The van der Waals surface area contributed by atoms with Crippen molar-refractivity contribution in [1.29, 1.82) is 0 Å². The van der Waals surface area contributed by atoms with E-state index in [2.05, 4.69) is 0 Å². The van der Waals surface area contributed by atoms with E-state index < -0.39 is 22.1 Å². The molecule has 0 radical (unpaired) electrons. The molecule has 0 saturated carbocycles. The highest BCUT2D eigenvalue weighted by Crippen LogP contribution is 2.28. The number of esters is 1. The van der Waals surface area contributed by atoms with Crippen LogP contribution in [-0.2, 0) is 14.8 Å². The molecular formula is C21H22ClNO5S. The molecule has 1 aliphatic rings. The Morgan fingerprint density at radius 3 is 2.24 bits per heavy atom. The normalized spacial score (nSPS) is 15.8. The molecule has 8 heteroatoms. The number of Topliss-reactive ketones (excluding diaryl/α,β-unsaturated/α-hetero) is 1. The lowest BCUT2D eigenvalue weighted by Gasteiger charge is -2.17. The summed E-state index contributed by atoms with van der Waals surface area (Å²) in [7, 11) is -3.79. The highest BCUT2D eigenvalue weighted by Gasteiger charge is 2.30. The molecule has 0 amide bonds. The zero-order valence-electron chi connectivity index (χ0n) is 16.2. The molecule has 1 fully saturated rings. The third-order valence-corrected chi connectivity index (χ3v) is 7.22. The summed E-state index contributed by atoms with van der Waals surface area (Å²) in [6.45, 7) is 4.24. The van der Waals surface area contributed by atoms with Gasteiger partial charge in [-0.05, 0) is 44.9 Å². The van der Waals surface area contributed by atoms with Crippen LogP contribution in [0.3, 0.4) is 0 Å². The van der Waals surface area contributed by atoms with Crippen molar-refractivity contribution in [1.82, 2.24) is 4.31 Å². The lowest BCUT2D eigenvalue weighted by atomic mass is 10.1. The number of rotatable bonds is 6. The Labute approximate surface area is 175 Å². The number of carbonyl (C=O) groups is 2. The second kappa shape index (κ2) is 8.65. The zero-order chi connectivity index (χ0) is 21.2. The molecule has 0 aliphatic carbocycles. The van der Waals surface area contributed by atoms with E-state index in [1.54, 1.807) is 24.3 Å². The number of carbonyl (C=O) groups excluding carboxylic acids is 2. The molecule has 154 valence electrons. The molecule has 1 saturated heterocycles. The van der Waals surface area contributed by atoms with Gasteiger partial charge < -0.3 is 4.74 Å². The molecule has 1 aliphatic heterocycles. The van der Waals surface area contributed by atoms with Gasteiger partial charge in [0.1, 0.15) is 4.90 Å². The van der Waals surface area contributed by atoms with Crippen molar-refractivity contribution in [2.24, 2.45) is 0 Å². The number of ketones is 1. The van der Waals surface area contributed by atoms with Crippen LogP contribution in [-0.4, -0.2) is 43.7 Å². The summed E-state index contributed by atoms with van der Waals surface area (Å²) in [6, 6.07) is 10.9. The molecule has 2 aromatic rings. The summed E-state index contributed by atoms with van der Waals surface area (Å²) in [5, 5.41) is 0.0391. The van der Waals surface area contributed by atoms with Crippen LogP contribution in [0, 0.1) is 6.92 Å². The van der Waals surface area contributed by atoms with E-state index in [-0.39, 0.29) is 21.3 Å². The third kappa shape index (κ3) is 4.69. The second-order valence-electron chi connectivity index (χ2n) is 7.03. The number of hydrogen-bond acceptors (Lipinski definition) is 5. The predicted octanol–water partition coefficient (Wildman–Crippen LogP) is 3.86. The fourth-order valence-electron chi connectivity index (χ4n) is 3.13. The molecule has 29 heavy (non-hydrogen) atoms. The average molecular weight is 436 g/mol. The Morgan fingerprint density at radius 1 is 1.03 bits per heavy atom. The molecule has 3 rings (SSSR count). The first kappa shape index (κ1) is 21.5. The standard InChI is InChI=1S/C21H22ClNO5S/c1-14-5-7-16(8-6-14)20(24)15(2)28-21(25)17-9-10-18(22)19(13-17)29(26,27)23-11-3-4-12-23/h5-10,13,15H,3-4,11-12H2,1-2H3/t15-/m0/s1. The molecule has 0 aromatic heterocycles. The van der Waals surface area contributed by atoms with E-state index in [1.165, 1.54) is 29.4 Å². The summed E-state index contributed by atoms with van der Waals surface area (Å²) in [6.07, 6.45) is 0.563. The smallest absolute Gasteiger partial charge is 0.338 e. The molecule has 2 aromatic carbocycles. The predicted molar refractivity (Wildman–Crippen MR) is 110 cm³/mol. The first-order chi connectivity index (χ1) is 13.7. The number of sulfonamides is 1. The molecule has 0 N–H and O–H groups in total. The molecule has 0 unspecified atom stereocenters. The Balaban J connectivity index is 1.79. The molecular weight excluding hydrogens is 414 g/mol. The van der Waals surface area contributed by atoms with E-state index in [0.29, 0.717) is 18.7 Å². The van der Waals surface area contributed by atoms with Gasteiger partial charge in [0.2, 0.25) is 15.8 Å². The van der Waals surface area contributed by atoms with E-state index in [1.807, 2.05) is 6.92 Å². The van der Waals surface area contributed by atoms with Crippen molar-refractivity contribution in [3.8, 4) is 0 Å². The lowest BCUT2D eigenvalue weighted by Crippen LogP contribution is -2.28. The fraction of sp³-hybridized carbons (Fsp3) is 0.333. The summed E-state index contributed by atoms with van der Waals surface area (Å²) < 4.78 is 32.2. The number of nitrogens with zero attached hydrogens (tertiary/aromatic N) is 1. The maximum absolute atomic E-state index is 12.8. The van der Waals surface area contributed by atoms with Crippen molar-refractivity contribution >= 4 is 33.4 Å². The van der Waals surface area contributed by atoms with Gasteiger partial charge in [0.05, 0.1) is 10.6 Å². The number of ether oxygens (including phenoxy) is 1. The van der Waals surface area contributed by atoms with Gasteiger partial charge in [-0.25, -0.2) is 13.2 Å². The largest absolute Gasteiger partial charge is 0.451 e. The summed E-state index contributed by atoms with van der Waals surface area (Å²) in [5.74, 6) is -1.12. The summed E-state index contributed by atoms with van der Waals surface area (Å²) in [4.78, 5) is 24.9. The van der Waals surface area contributed by atoms with E-state index in [0.717, 1.165) is 18.4 Å². The number of hydrogen-bond donors (Lipinski definition) is 0. The van der Waals surface area contributed by atoms with Gasteiger partial charge >= 0.3 is 5.97 Å². The van der Waals surface area contributed by atoms with Crippen LogP contribution in [0.2, 0.25) is 5.02 Å². The quantitative estimate of drug-likeness (QED) is 0.508. The van der Waals surface area contributed by atoms with Crippen LogP contribution >= 0.6 is 11.6 Å². The Hall–Kier alpha value is -2.22. The first-order valence-corrected chi connectivity index (χ1v) is 11.1. The number of benzene rings is 2. The zero-order valence-corrected chi connectivity index (χ0v) is 17.8. The van der Waals surface area contributed by atoms with Crippen LogP contribution in [0.4, 0.5) is 0 Å².